The van der Waals surface area contributed by atoms with Crippen molar-refractivity contribution in [3.63, 3.8) is 0 Å². The maximum absolute atomic E-state index is 6.25. The van der Waals surface area contributed by atoms with Gasteiger partial charge in [-0.3, -0.25) is 4.90 Å². The molecule has 1 aliphatic heterocycles. The Kier molecular flexibility index (Phi) is 3.64. The SMILES string of the molecule is CC1CCCCN1C1(CN)CCc2ccccc2C1. The lowest BCUT2D eigenvalue weighted by Gasteiger charge is -2.51. The minimum absolute atomic E-state index is 0.216. The van der Waals surface area contributed by atoms with Gasteiger partial charge in [0.05, 0.1) is 0 Å². The summed E-state index contributed by atoms with van der Waals surface area (Å²) in [4.78, 5) is 2.73. The van der Waals surface area contributed by atoms with Crippen molar-refractivity contribution in [2.24, 2.45) is 5.73 Å². The Morgan fingerprint density at radius 3 is 2.79 bits per heavy atom. The monoisotopic (exact) mass is 258 g/mol. The molecule has 0 amide bonds. The van der Waals surface area contributed by atoms with E-state index in [0.29, 0.717) is 6.04 Å². The lowest BCUT2D eigenvalue weighted by molar-refractivity contribution is 0.0195. The van der Waals surface area contributed by atoms with Crippen LogP contribution in [0.2, 0.25) is 0 Å². The standard InChI is InChI=1S/C17H26N2/c1-14-6-4-5-11-19(14)17(13-18)10-9-15-7-2-3-8-16(15)12-17/h2-3,7-8,14H,4-6,9-13,18H2,1H3. The third-order valence-electron chi connectivity index (χ3n) is 5.29. The van der Waals surface area contributed by atoms with Crippen LogP contribution >= 0.6 is 0 Å². The molecule has 2 nitrogen and oxygen atoms in total. The van der Waals surface area contributed by atoms with E-state index in [1.165, 1.54) is 49.8 Å². The second-order valence-corrected chi connectivity index (χ2v) is 6.41. The van der Waals surface area contributed by atoms with E-state index in [1.54, 1.807) is 0 Å². The summed E-state index contributed by atoms with van der Waals surface area (Å²) in [6.45, 7) is 4.42. The largest absolute Gasteiger partial charge is 0.329 e. The smallest absolute Gasteiger partial charge is 0.0378 e. The fourth-order valence-corrected chi connectivity index (χ4v) is 4.12. The zero-order valence-corrected chi connectivity index (χ0v) is 12.1. The topological polar surface area (TPSA) is 29.3 Å². The first kappa shape index (κ1) is 13.1. The van der Waals surface area contributed by atoms with E-state index in [2.05, 4.69) is 36.1 Å². The molecule has 1 aromatic carbocycles. The van der Waals surface area contributed by atoms with Crippen molar-refractivity contribution < 1.29 is 0 Å². The molecule has 1 aliphatic carbocycles. The average Bonchev–Trinajstić information content (AvgIpc) is 2.47. The first-order valence-corrected chi connectivity index (χ1v) is 7.79. The molecule has 1 aromatic rings. The fourth-order valence-electron chi connectivity index (χ4n) is 4.12. The number of hydrogen-bond acceptors (Lipinski definition) is 2. The molecule has 0 spiro atoms. The molecule has 2 atom stereocenters. The minimum atomic E-state index is 0.216. The molecule has 2 aliphatic rings. The average molecular weight is 258 g/mol. The van der Waals surface area contributed by atoms with E-state index in [0.717, 1.165) is 13.0 Å². The van der Waals surface area contributed by atoms with Crippen LogP contribution in [0.15, 0.2) is 24.3 Å². The number of nitrogens with zero attached hydrogens (tertiary/aromatic N) is 1. The Balaban J connectivity index is 1.88. The molecule has 104 valence electrons. The van der Waals surface area contributed by atoms with Crippen LogP contribution in [-0.2, 0) is 12.8 Å². The molecule has 0 bridgehead atoms. The van der Waals surface area contributed by atoms with Crippen LogP contribution in [0, 0.1) is 0 Å². The maximum Gasteiger partial charge on any atom is 0.0378 e. The van der Waals surface area contributed by atoms with Crippen molar-refractivity contribution >= 4 is 0 Å². The molecule has 1 heterocycles. The van der Waals surface area contributed by atoms with Crippen LogP contribution in [0.25, 0.3) is 0 Å². The van der Waals surface area contributed by atoms with Crippen LogP contribution in [0.5, 0.6) is 0 Å². The second-order valence-electron chi connectivity index (χ2n) is 6.41. The Labute approximate surface area is 117 Å². The molecule has 2 heteroatoms. The van der Waals surface area contributed by atoms with Gasteiger partial charge in [-0.2, -0.15) is 0 Å². The Morgan fingerprint density at radius 1 is 1.26 bits per heavy atom. The van der Waals surface area contributed by atoms with Crippen molar-refractivity contribution in [2.45, 2.75) is 57.0 Å². The summed E-state index contributed by atoms with van der Waals surface area (Å²) in [6, 6.07) is 9.62. The molecular formula is C17H26N2. The van der Waals surface area contributed by atoms with E-state index < -0.39 is 0 Å². The predicted octanol–water partition coefficient (Wildman–Crippen LogP) is 2.75. The molecular weight excluding hydrogens is 232 g/mol. The molecule has 0 radical (unpaired) electrons. The number of aryl methyl sites for hydroxylation is 1. The van der Waals surface area contributed by atoms with Gasteiger partial charge in [-0.15, -0.1) is 0 Å². The van der Waals surface area contributed by atoms with Gasteiger partial charge in [-0.05, 0) is 56.7 Å². The van der Waals surface area contributed by atoms with Gasteiger partial charge in [0, 0.05) is 18.1 Å². The lowest BCUT2D eigenvalue weighted by atomic mass is 9.75. The summed E-state index contributed by atoms with van der Waals surface area (Å²) in [6.07, 6.45) is 7.62. The van der Waals surface area contributed by atoms with Gasteiger partial charge in [-0.1, -0.05) is 30.7 Å². The third-order valence-corrected chi connectivity index (χ3v) is 5.29. The number of piperidine rings is 1. The maximum atomic E-state index is 6.25. The summed E-state index contributed by atoms with van der Waals surface area (Å²) in [5, 5.41) is 0. The van der Waals surface area contributed by atoms with Crippen molar-refractivity contribution in [3.05, 3.63) is 35.4 Å². The highest BCUT2D eigenvalue weighted by molar-refractivity contribution is 5.32. The van der Waals surface area contributed by atoms with Gasteiger partial charge in [0.2, 0.25) is 0 Å². The van der Waals surface area contributed by atoms with E-state index in [4.69, 9.17) is 5.73 Å². The molecule has 2 N–H and O–H groups in total. The van der Waals surface area contributed by atoms with Gasteiger partial charge in [-0.25, -0.2) is 0 Å². The van der Waals surface area contributed by atoms with Crippen LogP contribution < -0.4 is 5.73 Å². The number of fused-ring (bicyclic) bond motifs is 1. The van der Waals surface area contributed by atoms with Crippen molar-refractivity contribution in [2.75, 3.05) is 13.1 Å². The van der Waals surface area contributed by atoms with Crippen molar-refractivity contribution in [1.29, 1.82) is 0 Å². The van der Waals surface area contributed by atoms with Gasteiger partial charge in [0.25, 0.3) is 0 Å². The van der Waals surface area contributed by atoms with Crippen molar-refractivity contribution in [1.82, 2.24) is 4.90 Å². The highest BCUT2D eigenvalue weighted by Crippen LogP contribution is 2.36. The van der Waals surface area contributed by atoms with Crippen LogP contribution in [0.3, 0.4) is 0 Å². The molecule has 2 unspecified atom stereocenters. The number of rotatable bonds is 2. The molecule has 19 heavy (non-hydrogen) atoms. The summed E-state index contributed by atoms with van der Waals surface area (Å²) in [5.41, 5.74) is 9.53. The molecule has 1 fully saturated rings. The quantitative estimate of drug-likeness (QED) is 0.884. The zero-order chi connectivity index (χ0) is 13.3. The van der Waals surface area contributed by atoms with E-state index in [9.17, 15) is 0 Å². The Hall–Kier alpha value is -0.860. The number of nitrogens with two attached hydrogens (primary N) is 1. The highest BCUT2D eigenvalue weighted by atomic mass is 15.2. The predicted molar refractivity (Wildman–Crippen MR) is 80.3 cm³/mol. The van der Waals surface area contributed by atoms with E-state index in [-0.39, 0.29) is 5.54 Å². The molecule has 1 saturated heterocycles. The summed E-state index contributed by atoms with van der Waals surface area (Å²) >= 11 is 0. The van der Waals surface area contributed by atoms with E-state index >= 15 is 0 Å². The lowest BCUT2D eigenvalue weighted by Crippen LogP contribution is -2.61. The highest BCUT2D eigenvalue weighted by Gasteiger charge is 2.41. The van der Waals surface area contributed by atoms with Crippen LogP contribution in [0.1, 0.15) is 43.7 Å². The fraction of sp³-hybridized carbons (Fsp3) is 0.647. The van der Waals surface area contributed by atoms with Crippen LogP contribution in [0.4, 0.5) is 0 Å². The second kappa shape index (κ2) is 5.26. The first-order valence-electron chi connectivity index (χ1n) is 7.79. The zero-order valence-electron chi connectivity index (χ0n) is 12.1. The molecule has 0 saturated carbocycles. The van der Waals surface area contributed by atoms with Crippen LogP contribution in [-0.4, -0.2) is 29.6 Å². The number of hydrogen-bond donors (Lipinski definition) is 1. The summed E-state index contributed by atoms with van der Waals surface area (Å²) in [7, 11) is 0. The van der Waals surface area contributed by atoms with E-state index in [1.807, 2.05) is 0 Å². The summed E-state index contributed by atoms with van der Waals surface area (Å²) < 4.78 is 0. The Bertz CT molecular complexity index is 443. The summed E-state index contributed by atoms with van der Waals surface area (Å²) in [5.74, 6) is 0. The molecule has 0 aromatic heterocycles. The number of likely N-dealkylation sites (tertiary alicyclic amines) is 1. The van der Waals surface area contributed by atoms with Gasteiger partial charge in [0.1, 0.15) is 0 Å². The van der Waals surface area contributed by atoms with Gasteiger partial charge in [0.15, 0.2) is 0 Å². The first-order chi connectivity index (χ1) is 9.25. The van der Waals surface area contributed by atoms with Crippen molar-refractivity contribution in [3.8, 4) is 0 Å². The number of benzene rings is 1. The normalized spacial score (nSPS) is 32.0. The van der Waals surface area contributed by atoms with Gasteiger partial charge >= 0.3 is 0 Å². The molecule has 3 rings (SSSR count). The van der Waals surface area contributed by atoms with Gasteiger partial charge < -0.3 is 5.73 Å². The Morgan fingerprint density at radius 2 is 2.05 bits per heavy atom. The third kappa shape index (κ3) is 2.32. The minimum Gasteiger partial charge on any atom is -0.329 e.